The summed E-state index contributed by atoms with van der Waals surface area (Å²) in [6.07, 6.45) is 7.00. The Bertz CT molecular complexity index is 313. The van der Waals surface area contributed by atoms with Crippen molar-refractivity contribution in [2.45, 2.75) is 32.7 Å². The number of rotatable bonds is 5. The molecule has 0 saturated heterocycles. The SMILES string of the molecule is C#CCCC(NCC)c1snnc1C. The molecule has 0 saturated carbocycles. The molecule has 1 rings (SSSR count). The molecule has 1 heterocycles. The van der Waals surface area contributed by atoms with Crippen LogP contribution in [0.5, 0.6) is 0 Å². The van der Waals surface area contributed by atoms with Crippen LogP contribution in [0.25, 0.3) is 0 Å². The summed E-state index contributed by atoms with van der Waals surface area (Å²) in [4.78, 5) is 1.21. The highest BCUT2D eigenvalue weighted by Gasteiger charge is 2.15. The highest BCUT2D eigenvalue weighted by molar-refractivity contribution is 7.05. The van der Waals surface area contributed by atoms with E-state index in [2.05, 4.69) is 27.7 Å². The van der Waals surface area contributed by atoms with Gasteiger partial charge in [0.1, 0.15) is 0 Å². The summed E-state index contributed by atoms with van der Waals surface area (Å²) in [5, 5.41) is 7.40. The first-order valence-corrected chi connectivity index (χ1v) is 5.52. The van der Waals surface area contributed by atoms with Crippen molar-refractivity contribution in [1.29, 1.82) is 0 Å². The van der Waals surface area contributed by atoms with Crippen LogP contribution in [0.15, 0.2) is 0 Å². The first-order chi connectivity index (χ1) is 6.79. The summed E-state index contributed by atoms with van der Waals surface area (Å²) in [5.74, 6) is 2.66. The Kier molecular flexibility index (Phi) is 4.57. The Morgan fingerprint density at radius 3 is 2.93 bits per heavy atom. The van der Waals surface area contributed by atoms with E-state index in [0.717, 1.165) is 25.1 Å². The number of aryl methyl sites for hydroxylation is 1. The summed E-state index contributed by atoms with van der Waals surface area (Å²) < 4.78 is 3.93. The summed E-state index contributed by atoms with van der Waals surface area (Å²) in [6.45, 7) is 5.01. The van der Waals surface area contributed by atoms with Gasteiger partial charge < -0.3 is 5.32 Å². The molecule has 4 heteroatoms. The van der Waals surface area contributed by atoms with Gasteiger partial charge in [0.15, 0.2) is 0 Å². The predicted octanol–water partition coefficient (Wildman–Crippen LogP) is 1.91. The molecule has 0 radical (unpaired) electrons. The molecule has 1 atom stereocenters. The third-order valence-corrected chi connectivity index (χ3v) is 2.97. The van der Waals surface area contributed by atoms with E-state index < -0.39 is 0 Å². The van der Waals surface area contributed by atoms with E-state index in [-0.39, 0.29) is 0 Å². The average Bonchev–Trinajstić information content (AvgIpc) is 2.59. The normalized spacial score (nSPS) is 12.4. The monoisotopic (exact) mass is 209 g/mol. The molecule has 3 nitrogen and oxygen atoms in total. The third-order valence-electron chi connectivity index (χ3n) is 2.03. The minimum atomic E-state index is 0.316. The summed E-state index contributed by atoms with van der Waals surface area (Å²) in [6, 6.07) is 0.316. The largest absolute Gasteiger partial charge is 0.309 e. The van der Waals surface area contributed by atoms with Crippen molar-refractivity contribution in [2.75, 3.05) is 6.54 Å². The van der Waals surface area contributed by atoms with Crippen LogP contribution >= 0.6 is 11.5 Å². The van der Waals surface area contributed by atoms with E-state index >= 15 is 0 Å². The molecule has 0 fully saturated rings. The minimum absolute atomic E-state index is 0.316. The Morgan fingerprint density at radius 2 is 2.43 bits per heavy atom. The van der Waals surface area contributed by atoms with Crippen molar-refractivity contribution in [3.05, 3.63) is 10.6 Å². The van der Waals surface area contributed by atoms with E-state index in [1.165, 1.54) is 16.4 Å². The molecule has 0 amide bonds. The Balaban J connectivity index is 2.68. The van der Waals surface area contributed by atoms with Crippen LogP contribution in [0.2, 0.25) is 0 Å². The van der Waals surface area contributed by atoms with E-state index in [0.29, 0.717) is 6.04 Å². The second-order valence-corrected chi connectivity index (χ2v) is 3.86. The number of hydrogen-bond acceptors (Lipinski definition) is 4. The lowest BCUT2D eigenvalue weighted by atomic mass is 10.1. The number of terminal acetylenes is 1. The van der Waals surface area contributed by atoms with E-state index in [4.69, 9.17) is 6.42 Å². The van der Waals surface area contributed by atoms with Crippen molar-refractivity contribution in [2.24, 2.45) is 0 Å². The van der Waals surface area contributed by atoms with Crippen LogP contribution in [0.1, 0.15) is 36.4 Å². The third kappa shape index (κ3) is 2.79. The quantitative estimate of drug-likeness (QED) is 0.753. The number of nitrogens with one attached hydrogen (secondary N) is 1. The van der Waals surface area contributed by atoms with Gasteiger partial charge in [-0.3, -0.25) is 0 Å². The summed E-state index contributed by atoms with van der Waals surface area (Å²) in [7, 11) is 0. The van der Waals surface area contributed by atoms with Crippen LogP contribution in [0.3, 0.4) is 0 Å². The maximum atomic E-state index is 5.26. The zero-order valence-corrected chi connectivity index (χ0v) is 9.40. The number of aromatic nitrogens is 2. The van der Waals surface area contributed by atoms with Crippen molar-refractivity contribution in [3.8, 4) is 12.3 Å². The van der Waals surface area contributed by atoms with Gasteiger partial charge in [-0.05, 0) is 31.4 Å². The van der Waals surface area contributed by atoms with Gasteiger partial charge in [-0.2, -0.15) is 0 Å². The van der Waals surface area contributed by atoms with Gasteiger partial charge in [-0.25, -0.2) is 0 Å². The molecular weight excluding hydrogens is 194 g/mol. The van der Waals surface area contributed by atoms with Gasteiger partial charge in [-0.1, -0.05) is 11.4 Å². The first-order valence-electron chi connectivity index (χ1n) is 4.75. The van der Waals surface area contributed by atoms with Crippen molar-refractivity contribution >= 4 is 11.5 Å². The smallest absolute Gasteiger partial charge is 0.0772 e. The maximum Gasteiger partial charge on any atom is 0.0772 e. The molecular formula is C10H15N3S. The zero-order valence-electron chi connectivity index (χ0n) is 8.58. The lowest BCUT2D eigenvalue weighted by Gasteiger charge is -2.14. The molecule has 0 spiro atoms. The lowest BCUT2D eigenvalue weighted by molar-refractivity contribution is 0.527. The van der Waals surface area contributed by atoms with Crippen LogP contribution < -0.4 is 5.32 Å². The molecule has 1 aromatic heterocycles. The zero-order chi connectivity index (χ0) is 10.4. The van der Waals surface area contributed by atoms with Crippen LogP contribution in [-0.4, -0.2) is 16.1 Å². The van der Waals surface area contributed by atoms with Gasteiger partial charge >= 0.3 is 0 Å². The van der Waals surface area contributed by atoms with Gasteiger partial charge in [0.2, 0.25) is 0 Å². The molecule has 14 heavy (non-hydrogen) atoms. The van der Waals surface area contributed by atoms with Crippen LogP contribution in [0.4, 0.5) is 0 Å². The fourth-order valence-electron chi connectivity index (χ4n) is 1.36. The number of hydrogen-bond donors (Lipinski definition) is 1. The fourth-order valence-corrected chi connectivity index (χ4v) is 2.11. The van der Waals surface area contributed by atoms with Crippen LogP contribution in [0, 0.1) is 19.3 Å². The van der Waals surface area contributed by atoms with Gasteiger partial charge in [0.05, 0.1) is 10.6 Å². The van der Waals surface area contributed by atoms with Crippen molar-refractivity contribution in [1.82, 2.24) is 14.9 Å². The summed E-state index contributed by atoms with van der Waals surface area (Å²) in [5.41, 5.74) is 1.01. The molecule has 0 aliphatic heterocycles. The standard InChI is InChI=1S/C10H15N3S/c1-4-6-7-9(11-5-2)10-8(3)12-13-14-10/h1,9,11H,5-7H2,2-3H3. The first kappa shape index (κ1) is 11.2. The Morgan fingerprint density at radius 1 is 1.64 bits per heavy atom. The molecule has 0 aliphatic rings. The number of nitrogens with zero attached hydrogens (tertiary/aromatic N) is 2. The molecule has 1 N–H and O–H groups in total. The van der Waals surface area contributed by atoms with Crippen molar-refractivity contribution < 1.29 is 0 Å². The van der Waals surface area contributed by atoms with Crippen molar-refractivity contribution in [3.63, 3.8) is 0 Å². The van der Waals surface area contributed by atoms with E-state index in [1.807, 2.05) is 6.92 Å². The van der Waals surface area contributed by atoms with Crippen LogP contribution in [-0.2, 0) is 0 Å². The second kappa shape index (κ2) is 5.74. The van der Waals surface area contributed by atoms with Gasteiger partial charge in [0, 0.05) is 12.5 Å². The molecule has 0 aliphatic carbocycles. The van der Waals surface area contributed by atoms with Gasteiger partial charge in [0.25, 0.3) is 0 Å². The lowest BCUT2D eigenvalue weighted by Crippen LogP contribution is -2.20. The van der Waals surface area contributed by atoms with E-state index in [9.17, 15) is 0 Å². The minimum Gasteiger partial charge on any atom is -0.309 e. The Labute approximate surface area is 89.1 Å². The van der Waals surface area contributed by atoms with Gasteiger partial charge in [-0.15, -0.1) is 17.4 Å². The molecule has 76 valence electrons. The summed E-state index contributed by atoms with van der Waals surface area (Å²) >= 11 is 1.46. The topological polar surface area (TPSA) is 37.8 Å². The second-order valence-electron chi connectivity index (χ2n) is 3.08. The maximum absolute atomic E-state index is 5.26. The molecule has 0 bridgehead atoms. The fraction of sp³-hybridized carbons (Fsp3) is 0.600. The molecule has 0 aromatic carbocycles. The molecule has 1 aromatic rings. The highest BCUT2D eigenvalue weighted by atomic mass is 32.1. The molecule has 1 unspecified atom stereocenters. The highest BCUT2D eigenvalue weighted by Crippen LogP contribution is 2.23. The Hall–Kier alpha value is -0.920. The van der Waals surface area contributed by atoms with E-state index in [1.54, 1.807) is 0 Å². The average molecular weight is 209 g/mol. The predicted molar refractivity (Wildman–Crippen MR) is 59.1 cm³/mol.